The van der Waals surface area contributed by atoms with E-state index >= 15 is 0 Å². The van der Waals surface area contributed by atoms with Crippen molar-refractivity contribution in [3.63, 3.8) is 0 Å². The lowest BCUT2D eigenvalue weighted by atomic mass is 9.78. The van der Waals surface area contributed by atoms with Crippen LogP contribution in [0.4, 0.5) is 0 Å². The SMILES string of the molecule is CN1CCCC(C2(N)COC2)C1. The van der Waals surface area contributed by atoms with E-state index in [-0.39, 0.29) is 5.54 Å². The van der Waals surface area contributed by atoms with Crippen LogP contribution >= 0.6 is 0 Å². The Morgan fingerprint density at radius 3 is 2.75 bits per heavy atom. The van der Waals surface area contributed by atoms with Crippen LogP contribution in [-0.2, 0) is 4.74 Å². The first-order chi connectivity index (χ1) is 5.71. The molecule has 0 amide bonds. The average Bonchev–Trinajstić information content (AvgIpc) is 2.00. The number of nitrogens with two attached hydrogens (primary N) is 1. The van der Waals surface area contributed by atoms with Crippen molar-refractivity contribution in [2.75, 3.05) is 33.4 Å². The van der Waals surface area contributed by atoms with Crippen molar-refractivity contribution in [1.29, 1.82) is 0 Å². The van der Waals surface area contributed by atoms with E-state index in [1.807, 2.05) is 0 Å². The molecule has 3 heteroatoms. The Bertz CT molecular complexity index is 168. The average molecular weight is 170 g/mol. The molecule has 1 atom stereocenters. The van der Waals surface area contributed by atoms with Crippen LogP contribution in [0.1, 0.15) is 12.8 Å². The predicted octanol–water partition coefficient (Wildman–Crippen LogP) is 0.0559. The highest BCUT2D eigenvalue weighted by molar-refractivity contribution is 4.98. The molecule has 0 aromatic heterocycles. The fourth-order valence-electron chi connectivity index (χ4n) is 2.21. The third-order valence-corrected chi connectivity index (χ3v) is 3.18. The summed E-state index contributed by atoms with van der Waals surface area (Å²) in [4.78, 5) is 2.38. The van der Waals surface area contributed by atoms with Crippen LogP contribution < -0.4 is 5.73 Å². The van der Waals surface area contributed by atoms with Gasteiger partial charge in [0, 0.05) is 6.54 Å². The molecule has 0 saturated carbocycles. The standard InChI is InChI=1S/C9H18N2O/c1-11-4-2-3-8(5-11)9(10)6-12-7-9/h8H,2-7,10H2,1H3. The summed E-state index contributed by atoms with van der Waals surface area (Å²) in [5.74, 6) is 0.657. The van der Waals surface area contributed by atoms with Crippen molar-refractivity contribution in [2.45, 2.75) is 18.4 Å². The fraction of sp³-hybridized carbons (Fsp3) is 1.00. The normalized spacial score (nSPS) is 36.0. The van der Waals surface area contributed by atoms with Crippen molar-refractivity contribution in [1.82, 2.24) is 4.90 Å². The summed E-state index contributed by atoms with van der Waals surface area (Å²) in [6, 6.07) is 0. The highest BCUT2D eigenvalue weighted by atomic mass is 16.5. The summed E-state index contributed by atoms with van der Waals surface area (Å²) < 4.78 is 5.18. The molecular formula is C9H18N2O. The lowest BCUT2D eigenvalue weighted by Crippen LogP contribution is -2.65. The zero-order chi connectivity index (χ0) is 8.60. The van der Waals surface area contributed by atoms with Crippen LogP contribution in [0.15, 0.2) is 0 Å². The largest absolute Gasteiger partial charge is 0.377 e. The van der Waals surface area contributed by atoms with E-state index in [1.54, 1.807) is 0 Å². The van der Waals surface area contributed by atoms with E-state index < -0.39 is 0 Å². The molecule has 0 aromatic carbocycles. The first kappa shape index (κ1) is 8.48. The first-order valence-corrected chi connectivity index (χ1v) is 4.76. The molecule has 0 spiro atoms. The summed E-state index contributed by atoms with van der Waals surface area (Å²) in [6.45, 7) is 3.92. The molecule has 2 N–H and O–H groups in total. The van der Waals surface area contributed by atoms with Crippen LogP contribution in [0.3, 0.4) is 0 Å². The van der Waals surface area contributed by atoms with Crippen molar-refractivity contribution in [3.05, 3.63) is 0 Å². The van der Waals surface area contributed by atoms with E-state index in [4.69, 9.17) is 10.5 Å². The predicted molar refractivity (Wildman–Crippen MR) is 48.0 cm³/mol. The van der Waals surface area contributed by atoms with Gasteiger partial charge in [-0.1, -0.05) is 0 Å². The van der Waals surface area contributed by atoms with Gasteiger partial charge >= 0.3 is 0 Å². The quantitative estimate of drug-likeness (QED) is 0.604. The number of ether oxygens (including phenoxy) is 1. The Morgan fingerprint density at radius 1 is 1.50 bits per heavy atom. The van der Waals surface area contributed by atoms with Gasteiger partial charge in [-0.25, -0.2) is 0 Å². The van der Waals surface area contributed by atoms with Crippen LogP contribution in [0.5, 0.6) is 0 Å². The molecule has 2 rings (SSSR count). The number of nitrogens with zero attached hydrogens (tertiary/aromatic N) is 1. The highest BCUT2D eigenvalue weighted by Gasteiger charge is 2.42. The minimum Gasteiger partial charge on any atom is -0.377 e. The second-order valence-corrected chi connectivity index (χ2v) is 4.33. The Labute approximate surface area is 73.9 Å². The number of hydrogen-bond donors (Lipinski definition) is 1. The van der Waals surface area contributed by atoms with Crippen molar-refractivity contribution < 1.29 is 4.74 Å². The molecule has 0 aliphatic carbocycles. The summed E-state index contributed by atoms with van der Waals surface area (Å²) in [6.07, 6.45) is 2.57. The maximum absolute atomic E-state index is 6.19. The van der Waals surface area contributed by atoms with E-state index in [9.17, 15) is 0 Å². The summed E-state index contributed by atoms with van der Waals surface area (Å²) in [7, 11) is 2.18. The Hall–Kier alpha value is -0.120. The van der Waals surface area contributed by atoms with Gasteiger partial charge in [0.05, 0.1) is 18.8 Å². The molecule has 12 heavy (non-hydrogen) atoms. The Kier molecular flexibility index (Phi) is 2.10. The number of rotatable bonds is 1. The van der Waals surface area contributed by atoms with E-state index in [1.165, 1.54) is 19.4 Å². The lowest BCUT2D eigenvalue weighted by Gasteiger charge is -2.47. The van der Waals surface area contributed by atoms with Crippen LogP contribution in [0, 0.1) is 5.92 Å². The maximum Gasteiger partial charge on any atom is 0.0673 e. The van der Waals surface area contributed by atoms with Crippen LogP contribution in [0.25, 0.3) is 0 Å². The molecule has 2 saturated heterocycles. The second-order valence-electron chi connectivity index (χ2n) is 4.33. The van der Waals surface area contributed by atoms with Gasteiger partial charge in [-0.2, -0.15) is 0 Å². The Balaban J connectivity index is 1.94. The molecule has 2 fully saturated rings. The van der Waals surface area contributed by atoms with E-state index in [2.05, 4.69) is 11.9 Å². The number of likely N-dealkylation sites (tertiary alicyclic amines) is 1. The Morgan fingerprint density at radius 2 is 2.25 bits per heavy atom. The molecule has 0 radical (unpaired) electrons. The summed E-state index contributed by atoms with van der Waals surface area (Å²) in [5.41, 5.74) is 6.20. The molecule has 3 nitrogen and oxygen atoms in total. The highest BCUT2D eigenvalue weighted by Crippen LogP contribution is 2.30. The van der Waals surface area contributed by atoms with Gasteiger partial charge in [0.2, 0.25) is 0 Å². The van der Waals surface area contributed by atoms with Crippen LogP contribution in [-0.4, -0.2) is 43.8 Å². The van der Waals surface area contributed by atoms with E-state index in [0.29, 0.717) is 5.92 Å². The van der Waals surface area contributed by atoms with Crippen molar-refractivity contribution in [2.24, 2.45) is 11.7 Å². The molecule has 2 heterocycles. The first-order valence-electron chi connectivity index (χ1n) is 4.76. The third kappa shape index (κ3) is 1.37. The number of hydrogen-bond acceptors (Lipinski definition) is 3. The minimum atomic E-state index is 0.00861. The summed E-state index contributed by atoms with van der Waals surface area (Å²) in [5, 5.41) is 0. The molecule has 2 aliphatic rings. The van der Waals surface area contributed by atoms with Gasteiger partial charge in [-0.15, -0.1) is 0 Å². The molecule has 1 unspecified atom stereocenters. The third-order valence-electron chi connectivity index (χ3n) is 3.18. The van der Waals surface area contributed by atoms with Crippen LogP contribution in [0.2, 0.25) is 0 Å². The topological polar surface area (TPSA) is 38.5 Å². The van der Waals surface area contributed by atoms with Gasteiger partial charge in [0.15, 0.2) is 0 Å². The van der Waals surface area contributed by atoms with Gasteiger partial charge in [-0.3, -0.25) is 0 Å². The smallest absolute Gasteiger partial charge is 0.0673 e. The molecule has 0 aromatic rings. The van der Waals surface area contributed by atoms with Gasteiger partial charge < -0.3 is 15.4 Å². The zero-order valence-electron chi connectivity index (χ0n) is 7.75. The summed E-state index contributed by atoms with van der Waals surface area (Å²) >= 11 is 0. The van der Waals surface area contributed by atoms with Crippen molar-refractivity contribution in [3.8, 4) is 0 Å². The minimum absolute atomic E-state index is 0.00861. The van der Waals surface area contributed by atoms with Gasteiger partial charge in [-0.05, 0) is 32.4 Å². The molecule has 2 aliphatic heterocycles. The molecule has 0 bridgehead atoms. The molecule has 70 valence electrons. The number of piperidine rings is 1. The van der Waals surface area contributed by atoms with Crippen molar-refractivity contribution >= 4 is 0 Å². The second kappa shape index (κ2) is 2.98. The molecular weight excluding hydrogens is 152 g/mol. The fourth-order valence-corrected chi connectivity index (χ4v) is 2.21. The monoisotopic (exact) mass is 170 g/mol. The van der Waals surface area contributed by atoms with Gasteiger partial charge in [0.1, 0.15) is 0 Å². The maximum atomic E-state index is 6.19. The van der Waals surface area contributed by atoms with E-state index in [0.717, 1.165) is 19.8 Å². The lowest BCUT2D eigenvalue weighted by molar-refractivity contribution is -0.0944. The van der Waals surface area contributed by atoms with Gasteiger partial charge in [0.25, 0.3) is 0 Å². The zero-order valence-corrected chi connectivity index (χ0v) is 7.75.